The summed E-state index contributed by atoms with van der Waals surface area (Å²) in [4.78, 5) is 0. The Labute approximate surface area is 133 Å². The van der Waals surface area contributed by atoms with Crippen LogP contribution >= 0.6 is 34.8 Å². The van der Waals surface area contributed by atoms with Gasteiger partial charge in [-0.3, -0.25) is 0 Å². The van der Waals surface area contributed by atoms with Crippen LogP contribution in [0.15, 0.2) is 48.5 Å². The summed E-state index contributed by atoms with van der Waals surface area (Å²) in [6, 6.07) is 14.0. The first-order valence-corrected chi connectivity index (χ1v) is 7.67. The van der Waals surface area contributed by atoms with Crippen molar-refractivity contribution < 1.29 is 4.39 Å². The van der Waals surface area contributed by atoms with Crippen molar-refractivity contribution >= 4 is 34.8 Å². The summed E-state index contributed by atoms with van der Waals surface area (Å²) in [6.07, 6.45) is 0.655. The highest BCUT2D eigenvalue weighted by molar-refractivity contribution is 6.30. The molecule has 2 aromatic rings. The van der Waals surface area contributed by atoms with Crippen LogP contribution in [0, 0.1) is 5.82 Å². The summed E-state index contributed by atoms with van der Waals surface area (Å²) in [6.45, 7) is 0. The van der Waals surface area contributed by atoms with Crippen LogP contribution < -0.4 is 0 Å². The molecule has 0 spiro atoms. The normalized spacial score (nSPS) is 11.6. The number of alkyl halides is 2. The Hall–Kier alpha value is -0.760. The molecule has 0 aromatic heterocycles. The minimum absolute atomic E-state index is 0.248. The van der Waals surface area contributed by atoms with Crippen LogP contribution in [-0.4, -0.2) is 11.8 Å². The number of hydrogen-bond acceptors (Lipinski definition) is 0. The minimum atomic E-state index is -0.383. The molecule has 0 saturated heterocycles. The standard InChI is InChI=1S/C16H14Cl3F/c17-10-16(11-18,13-3-5-14(19)6-4-13)9-12-1-7-15(20)8-2-12/h1-8H,9-11H2. The van der Waals surface area contributed by atoms with E-state index in [0.29, 0.717) is 23.2 Å². The molecule has 2 rings (SSSR count). The SMILES string of the molecule is Fc1ccc(CC(CCl)(CCl)c2ccc(Cl)cc2)cc1. The van der Waals surface area contributed by atoms with E-state index in [4.69, 9.17) is 34.8 Å². The van der Waals surface area contributed by atoms with E-state index in [9.17, 15) is 4.39 Å². The summed E-state index contributed by atoms with van der Waals surface area (Å²) in [5, 5.41) is 0.675. The molecule has 0 amide bonds. The van der Waals surface area contributed by atoms with E-state index in [1.807, 2.05) is 24.3 Å². The van der Waals surface area contributed by atoms with Crippen molar-refractivity contribution in [1.29, 1.82) is 0 Å². The molecule has 0 radical (unpaired) electrons. The first-order valence-electron chi connectivity index (χ1n) is 6.22. The van der Waals surface area contributed by atoms with Crippen LogP contribution in [0.5, 0.6) is 0 Å². The van der Waals surface area contributed by atoms with Gasteiger partial charge in [0.05, 0.1) is 0 Å². The van der Waals surface area contributed by atoms with Crippen LogP contribution in [0.2, 0.25) is 5.02 Å². The predicted octanol–water partition coefficient (Wildman–Crippen LogP) is 5.44. The molecule has 0 N–H and O–H groups in total. The number of rotatable bonds is 5. The van der Waals surface area contributed by atoms with Crippen molar-refractivity contribution in [2.24, 2.45) is 0 Å². The molecule has 0 aliphatic heterocycles. The molecule has 0 fully saturated rings. The van der Waals surface area contributed by atoms with Crippen molar-refractivity contribution in [1.82, 2.24) is 0 Å². The van der Waals surface area contributed by atoms with Crippen molar-refractivity contribution in [3.63, 3.8) is 0 Å². The summed E-state index contributed by atoms with van der Waals surface area (Å²) < 4.78 is 13.0. The highest BCUT2D eigenvalue weighted by Gasteiger charge is 2.31. The van der Waals surface area contributed by atoms with E-state index in [0.717, 1.165) is 11.1 Å². The van der Waals surface area contributed by atoms with Crippen LogP contribution in [0.25, 0.3) is 0 Å². The molecule has 0 unspecified atom stereocenters. The summed E-state index contributed by atoms with van der Waals surface area (Å²) in [5.41, 5.74) is 1.66. The molecule has 0 nitrogen and oxygen atoms in total. The van der Waals surface area contributed by atoms with E-state index in [-0.39, 0.29) is 11.2 Å². The topological polar surface area (TPSA) is 0 Å². The molecule has 0 atom stereocenters. The maximum absolute atomic E-state index is 13.0. The Morgan fingerprint density at radius 3 is 1.90 bits per heavy atom. The van der Waals surface area contributed by atoms with E-state index in [1.165, 1.54) is 12.1 Å². The van der Waals surface area contributed by atoms with Crippen molar-refractivity contribution in [2.75, 3.05) is 11.8 Å². The zero-order valence-electron chi connectivity index (χ0n) is 10.8. The zero-order chi connectivity index (χ0) is 14.6. The molecule has 0 aliphatic rings. The van der Waals surface area contributed by atoms with Crippen molar-refractivity contribution in [2.45, 2.75) is 11.8 Å². The minimum Gasteiger partial charge on any atom is -0.207 e. The first kappa shape index (κ1) is 15.6. The van der Waals surface area contributed by atoms with Crippen LogP contribution in [0.3, 0.4) is 0 Å². The second kappa shape index (κ2) is 6.80. The molecule has 106 valence electrons. The highest BCUT2D eigenvalue weighted by Crippen LogP contribution is 2.32. The van der Waals surface area contributed by atoms with Crippen LogP contribution in [0.4, 0.5) is 4.39 Å². The van der Waals surface area contributed by atoms with Gasteiger partial charge in [0.15, 0.2) is 0 Å². The second-order valence-corrected chi connectivity index (χ2v) is 5.83. The van der Waals surface area contributed by atoms with E-state index < -0.39 is 0 Å². The average molecular weight is 332 g/mol. The Morgan fingerprint density at radius 2 is 1.40 bits per heavy atom. The highest BCUT2D eigenvalue weighted by atomic mass is 35.5. The van der Waals surface area contributed by atoms with Crippen LogP contribution in [0.1, 0.15) is 11.1 Å². The Morgan fingerprint density at radius 1 is 0.850 bits per heavy atom. The van der Waals surface area contributed by atoms with Gasteiger partial charge in [-0.05, 0) is 41.8 Å². The van der Waals surface area contributed by atoms with Gasteiger partial charge >= 0.3 is 0 Å². The number of hydrogen-bond donors (Lipinski definition) is 0. The molecule has 20 heavy (non-hydrogen) atoms. The third-order valence-corrected chi connectivity index (χ3v) is 4.70. The van der Waals surface area contributed by atoms with Crippen LogP contribution in [-0.2, 0) is 11.8 Å². The zero-order valence-corrected chi connectivity index (χ0v) is 13.0. The Kier molecular flexibility index (Phi) is 5.31. The smallest absolute Gasteiger partial charge is 0.123 e. The van der Waals surface area contributed by atoms with Gasteiger partial charge in [-0.2, -0.15) is 0 Å². The number of benzene rings is 2. The van der Waals surface area contributed by atoms with Gasteiger partial charge < -0.3 is 0 Å². The van der Waals surface area contributed by atoms with E-state index >= 15 is 0 Å². The largest absolute Gasteiger partial charge is 0.207 e. The second-order valence-electron chi connectivity index (χ2n) is 4.86. The lowest BCUT2D eigenvalue weighted by Crippen LogP contribution is -2.33. The summed E-state index contributed by atoms with van der Waals surface area (Å²) in [5.74, 6) is 0.521. The maximum atomic E-state index is 13.0. The number of halogens is 4. The molecule has 0 saturated carbocycles. The van der Waals surface area contributed by atoms with Gasteiger partial charge in [-0.1, -0.05) is 35.9 Å². The summed E-state index contributed by atoms with van der Waals surface area (Å²) in [7, 11) is 0. The third kappa shape index (κ3) is 3.46. The monoisotopic (exact) mass is 330 g/mol. The Balaban J connectivity index is 2.33. The molecule has 2 aromatic carbocycles. The lowest BCUT2D eigenvalue weighted by atomic mass is 9.79. The Bertz CT molecular complexity index is 545. The molecule has 4 heteroatoms. The van der Waals surface area contributed by atoms with Crippen molar-refractivity contribution in [3.8, 4) is 0 Å². The molecular weight excluding hydrogens is 318 g/mol. The van der Waals surface area contributed by atoms with Gasteiger partial charge in [0.1, 0.15) is 5.82 Å². The maximum Gasteiger partial charge on any atom is 0.123 e. The van der Waals surface area contributed by atoms with Gasteiger partial charge in [-0.25, -0.2) is 4.39 Å². The third-order valence-electron chi connectivity index (χ3n) is 3.42. The van der Waals surface area contributed by atoms with E-state index in [2.05, 4.69) is 0 Å². The summed E-state index contributed by atoms with van der Waals surface area (Å²) >= 11 is 18.3. The average Bonchev–Trinajstić information content (AvgIpc) is 2.48. The fourth-order valence-corrected chi connectivity index (χ4v) is 3.09. The van der Waals surface area contributed by atoms with Gasteiger partial charge in [-0.15, -0.1) is 23.2 Å². The van der Waals surface area contributed by atoms with Crippen molar-refractivity contribution in [3.05, 3.63) is 70.5 Å². The van der Waals surface area contributed by atoms with Gasteiger partial charge in [0.25, 0.3) is 0 Å². The fraction of sp³-hybridized carbons (Fsp3) is 0.250. The first-order chi connectivity index (χ1) is 9.59. The van der Waals surface area contributed by atoms with Gasteiger partial charge in [0, 0.05) is 22.2 Å². The predicted molar refractivity (Wildman–Crippen MR) is 84.7 cm³/mol. The lowest BCUT2D eigenvalue weighted by Gasteiger charge is -2.30. The lowest BCUT2D eigenvalue weighted by molar-refractivity contribution is 0.535. The molecule has 0 aliphatic carbocycles. The fourth-order valence-electron chi connectivity index (χ4n) is 2.18. The van der Waals surface area contributed by atoms with E-state index in [1.54, 1.807) is 12.1 Å². The van der Waals surface area contributed by atoms with Gasteiger partial charge in [0.2, 0.25) is 0 Å². The molecular formula is C16H14Cl3F. The molecule has 0 bridgehead atoms. The quantitative estimate of drug-likeness (QED) is 0.640. The molecule has 0 heterocycles.